The predicted octanol–water partition coefficient (Wildman–Crippen LogP) is 3.93. The zero-order chi connectivity index (χ0) is 21.3. The smallest absolute Gasteiger partial charge is 0.237 e. The fourth-order valence-corrected chi connectivity index (χ4v) is 5.55. The van der Waals surface area contributed by atoms with Crippen LogP contribution >= 0.6 is 11.8 Å². The number of thioether (sulfide) groups is 1. The van der Waals surface area contributed by atoms with Crippen molar-refractivity contribution in [2.75, 3.05) is 10.6 Å². The SMILES string of the molecule is Cc1ccc(NC(=O)CC(C)S(=O)(=O)c2ccc3c(c2)SC(C)C(=O)N3)c(C)c1. The molecule has 2 amide bonds. The lowest BCUT2D eigenvalue weighted by Gasteiger charge is -2.22. The van der Waals surface area contributed by atoms with E-state index in [1.807, 2.05) is 32.0 Å². The van der Waals surface area contributed by atoms with Gasteiger partial charge in [-0.15, -0.1) is 11.8 Å². The summed E-state index contributed by atoms with van der Waals surface area (Å²) in [6.45, 7) is 7.17. The molecule has 2 aromatic carbocycles. The number of carbonyl (C=O) groups is 2. The number of sulfone groups is 1. The van der Waals surface area contributed by atoms with Gasteiger partial charge in [-0.05, 0) is 57.5 Å². The summed E-state index contributed by atoms with van der Waals surface area (Å²) in [6.07, 6.45) is -0.146. The third-order valence-electron chi connectivity index (χ3n) is 4.87. The Balaban J connectivity index is 1.74. The van der Waals surface area contributed by atoms with Gasteiger partial charge in [0.25, 0.3) is 0 Å². The molecule has 0 radical (unpaired) electrons. The number of nitrogens with one attached hydrogen (secondary N) is 2. The molecule has 8 heteroatoms. The first-order valence-electron chi connectivity index (χ1n) is 9.30. The second kappa shape index (κ2) is 8.20. The largest absolute Gasteiger partial charge is 0.326 e. The third kappa shape index (κ3) is 4.64. The standard InChI is InChI=1S/C21H24N2O4S2/c1-12-5-7-17(13(2)9-12)22-20(24)10-14(3)29(26,27)16-6-8-18-19(11-16)28-15(4)21(25)23-18/h5-9,11,14-15H,10H2,1-4H3,(H,22,24)(H,23,25). The van der Waals surface area contributed by atoms with E-state index < -0.39 is 15.1 Å². The van der Waals surface area contributed by atoms with Gasteiger partial charge in [0.1, 0.15) is 0 Å². The molecule has 0 aliphatic carbocycles. The maximum Gasteiger partial charge on any atom is 0.237 e. The van der Waals surface area contributed by atoms with Crippen LogP contribution in [0.15, 0.2) is 46.2 Å². The van der Waals surface area contributed by atoms with Crippen molar-refractivity contribution in [1.82, 2.24) is 0 Å². The van der Waals surface area contributed by atoms with Crippen LogP contribution in [-0.2, 0) is 19.4 Å². The molecule has 2 atom stereocenters. The molecule has 0 saturated heterocycles. The van der Waals surface area contributed by atoms with Gasteiger partial charge in [0.15, 0.2) is 9.84 Å². The summed E-state index contributed by atoms with van der Waals surface area (Å²) in [7, 11) is -3.69. The Hall–Kier alpha value is -2.32. The third-order valence-corrected chi connectivity index (χ3v) is 8.17. The number of carbonyl (C=O) groups excluding carboxylic acids is 2. The maximum absolute atomic E-state index is 13.0. The molecule has 0 fully saturated rings. The highest BCUT2D eigenvalue weighted by Crippen LogP contribution is 2.37. The van der Waals surface area contributed by atoms with Crippen LogP contribution in [0.25, 0.3) is 0 Å². The van der Waals surface area contributed by atoms with E-state index >= 15 is 0 Å². The molecule has 0 bridgehead atoms. The fraction of sp³-hybridized carbons (Fsp3) is 0.333. The summed E-state index contributed by atoms with van der Waals surface area (Å²) in [5.74, 6) is -0.448. The molecule has 154 valence electrons. The quantitative estimate of drug-likeness (QED) is 0.747. The molecule has 0 aromatic heterocycles. The first-order chi connectivity index (χ1) is 13.6. The lowest BCUT2D eigenvalue weighted by Crippen LogP contribution is -2.27. The zero-order valence-electron chi connectivity index (χ0n) is 16.8. The van der Waals surface area contributed by atoms with Crippen LogP contribution in [0.1, 0.15) is 31.4 Å². The first kappa shape index (κ1) is 21.4. The molecule has 3 rings (SSSR count). The molecule has 1 aliphatic rings. The number of aryl methyl sites for hydroxylation is 2. The van der Waals surface area contributed by atoms with Crippen molar-refractivity contribution in [3.8, 4) is 0 Å². The number of amides is 2. The molecule has 2 unspecified atom stereocenters. The van der Waals surface area contributed by atoms with Gasteiger partial charge in [0.2, 0.25) is 11.8 Å². The first-order valence-corrected chi connectivity index (χ1v) is 11.7. The van der Waals surface area contributed by atoms with Gasteiger partial charge in [-0.1, -0.05) is 17.7 Å². The van der Waals surface area contributed by atoms with E-state index in [1.165, 1.54) is 24.8 Å². The molecule has 0 saturated carbocycles. The molecule has 2 aromatic rings. The highest BCUT2D eigenvalue weighted by Gasteiger charge is 2.29. The van der Waals surface area contributed by atoms with Gasteiger partial charge in [0.05, 0.1) is 21.1 Å². The van der Waals surface area contributed by atoms with Crippen LogP contribution in [0.5, 0.6) is 0 Å². The molecular formula is C21H24N2O4S2. The van der Waals surface area contributed by atoms with Crippen LogP contribution in [0.3, 0.4) is 0 Å². The lowest BCUT2D eigenvalue weighted by molar-refractivity contribution is -0.116. The normalized spacial score (nSPS) is 17.2. The van der Waals surface area contributed by atoms with Gasteiger partial charge in [0, 0.05) is 17.0 Å². The van der Waals surface area contributed by atoms with E-state index in [1.54, 1.807) is 19.1 Å². The number of benzene rings is 2. The Bertz CT molecular complexity index is 1080. The number of anilines is 2. The Morgan fingerprint density at radius 2 is 1.93 bits per heavy atom. The second-order valence-corrected chi connectivity index (χ2v) is 11.1. The molecule has 29 heavy (non-hydrogen) atoms. The minimum Gasteiger partial charge on any atom is -0.326 e. The summed E-state index contributed by atoms with van der Waals surface area (Å²) in [5, 5.41) is 4.39. The minimum atomic E-state index is -3.69. The molecule has 1 aliphatic heterocycles. The Morgan fingerprint density at radius 1 is 1.21 bits per heavy atom. The average Bonchev–Trinajstić information content (AvgIpc) is 2.64. The fourth-order valence-electron chi connectivity index (χ4n) is 3.12. The minimum absolute atomic E-state index is 0.102. The van der Waals surface area contributed by atoms with E-state index in [-0.39, 0.29) is 28.4 Å². The number of fused-ring (bicyclic) bond motifs is 1. The van der Waals surface area contributed by atoms with Gasteiger partial charge in [-0.25, -0.2) is 8.42 Å². The molecule has 0 spiro atoms. The summed E-state index contributed by atoms with van der Waals surface area (Å²) in [5.41, 5.74) is 3.31. The van der Waals surface area contributed by atoms with Crippen molar-refractivity contribution in [1.29, 1.82) is 0 Å². The summed E-state index contributed by atoms with van der Waals surface area (Å²) >= 11 is 1.32. The van der Waals surface area contributed by atoms with Crippen molar-refractivity contribution >= 4 is 44.8 Å². The van der Waals surface area contributed by atoms with E-state index in [4.69, 9.17) is 0 Å². The van der Waals surface area contributed by atoms with Crippen molar-refractivity contribution in [3.05, 3.63) is 47.5 Å². The van der Waals surface area contributed by atoms with Crippen LogP contribution in [0, 0.1) is 13.8 Å². The van der Waals surface area contributed by atoms with Crippen molar-refractivity contribution in [2.45, 2.75) is 54.4 Å². The second-order valence-electron chi connectivity index (χ2n) is 7.33. The topological polar surface area (TPSA) is 92.3 Å². The van der Waals surface area contributed by atoms with E-state index in [2.05, 4.69) is 10.6 Å². The highest BCUT2D eigenvalue weighted by molar-refractivity contribution is 8.01. The van der Waals surface area contributed by atoms with Gasteiger partial charge < -0.3 is 10.6 Å². The Labute approximate surface area is 175 Å². The number of hydrogen-bond acceptors (Lipinski definition) is 5. The van der Waals surface area contributed by atoms with Crippen molar-refractivity contribution < 1.29 is 18.0 Å². The maximum atomic E-state index is 13.0. The van der Waals surface area contributed by atoms with E-state index in [9.17, 15) is 18.0 Å². The van der Waals surface area contributed by atoms with Crippen LogP contribution < -0.4 is 10.6 Å². The Kier molecular flexibility index (Phi) is 6.05. The molecule has 2 N–H and O–H groups in total. The van der Waals surface area contributed by atoms with Gasteiger partial charge in [-0.3, -0.25) is 9.59 Å². The van der Waals surface area contributed by atoms with E-state index in [0.29, 0.717) is 16.3 Å². The summed E-state index contributed by atoms with van der Waals surface area (Å²) < 4.78 is 26.0. The molecule has 6 nitrogen and oxygen atoms in total. The molecule has 1 heterocycles. The van der Waals surface area contributed by atoms with Gasteiger partial charge >= 0.3 is 0 Å². The Morgan fingerprint density at radius 3 is 2.62 bits per heavy atom. The molecular weight excluding hydrogens is 408 g/mol. The van der Waals surface area contributed by atoms with Crippen molar-refractivity contribution in [2.24, 2.45) is 0 Å². The summed E-state index contributed by atoms with van der Waals surface area (Å²) in [6, 6.07) is 10.3. The lowest BCUT2D eigenvalue weighted by atomic mass is 10.1. The number of hydrogen-bond donors (Lipinski definition) is 2. The predicted molar refractivity (Wildman–Crippen MR) is 116 cm³/mol. The highest BCUT2D eigenvalue weighted by atomic mass is 32.2. The number of rotatable bonds is 5. The van der Waals surface area contributed by atoms with E-state index in [0.717, 1.165) is 11.1 Å². The van der Waals surface area contributed by atoms with Crippen molar-refractivity contribution in [3.63, 3.8) is 0 Å². The summed E-state index contributed by atoms with van der Waals surface area (Å²) in [4.78, 5) is 25.1. The average molecular weight is 433 g/mol. The van der Waals surface area contributed by atoms with Gasteiger partial charge in [-0.2, -0.15) is 0 Å². The zero-order valence-corrected chi connectivity index (χ0v) is 18.4. The monoisotopic (exact) mass is 432 g/mol. The van der Waals surface area contributed by atoms with Crippen LogP contribution in [-0.4, -0.2) is 30.7 Å². The van der Waals surface area contributed by atoms with Crippen LogP contribution in [0.4, 0.5) is 11.4 Å². The van der Waals surface area contributed by atoms with Crippen LogP contribution in [0.2, 0.25) is 0 Å².